The number of rotatable bonds is 4. The molecule has 0 radical (unpaired) electrons. The van der Waals surface area contributed by atoms with Crippen molar-refractivity contribution in [2.75, 3.05) is 11.9 Å². The van der Waals surface area contributed by atoms with Gasteiger partial charge in [-0.3, -0.25) is 4.79 Å². The van der Waals surface area contributed by atoms with Gasteiger partial charge in [0.15, 0.2) is 6.61 Å². The highest BCUT2D eigenvalue weighted by Gasteiger charge is 2.13. The number of nitrogens with one attached hydrogen (secondary N) is 1. The molecule has 0 saturated heterocycles. The van der Waals surface area contributed by atoms with E-state index in [0.29, 0.717) is 5.56 Å². The Morgan fingerprint density at radius 3 is 2.56 bits per heavy atom. The van der Waals surface area contributed by atoms with E-state index in [2.05, 4.69) is 10.3 Å². The molecule has 25 heavy (non-hydrogen) atoms. The summed E-state index contributed by atoms with van der Waals surface area (Å²) in [6.45, 7) is 5.55. The molecule has 1 heterocycles. The van der Waals surface area contributed by atoms with Gasteiger partial charge in [-0.15, -0.1) is 11.3 Å². The Bertz CT molecular complexity index is 939. The summed E-state index contributed by atoms with van der Waals surface area (Å²) < 4.78 is 6.03. The maximum absolute atomic E-state index is 12.1. The van der Waals surface area contributed by atoms with E-state index in [1.807, 2.05) is 32.9 Å². The first-order chi connectivity index (χ1) is 11.9. The fourth-order valence-electron chi connectivity index (χ4n) is 2.75. The lowest BCUT2D eigenvalue weighted by Gasteiger charge is -2.13. The molecule has 1 N–H and O–H groups in total. The van der Waals surface area contributed by atoms with Gasteiger partial charge in [-0.1, -0.05) is 17.7 Å². The number of nitrogens with zero attached hydrogens (tertiary/aromatic N) is 1. The normalized spacial score (nSPS) is 10.7. The Morgan fingerprint density at radius 1 is 1.12 bits per heavy atom. The highest BCUT2D eigenvalue weighted by molar-refractivity contribution is 7.16. The van der Waals surface area contributed by atoms with Gasteiger partial charge in [-0.2, -0.15) is 0 Å². The second kappa shape index (κ2) is 7.03. The minimum Gasteiger partial charge on any atom is -0.452 e. The molecule has 0 aliphatic rings. The van der Waals surface area contributed by atoms with Gasteiger partial charge in [0, 0.05) is 5.69 Å². The molecule has 3 aromatic rings. The van der Waals surface area contributed by atoms with Crippen molar-refractivity contribution in [2.45, 2.75) is 20.8 Å². The molecule has 0 unspecified atom stereocenters. The number of carbonyl (C=O) groups excluding carboxylic acids is 2. The Balaban J connectivity index is 1.63. The van der Waals surface area contributed by atoms with E-state index in [0.717, 1.165) is 32.6 Å². The van der Waals surface area contributed by atoms with E-state index in [1.54, 1.807) is 23.7 Å². The van der Waals surface area contributed by atoms with E-state index in [9.17, 15) is 9.59 Å². The van der Waals surface area contributed by atoms with Crippen LogP contribution in [-0.2, 0) is 9.53 Å². The number of esters is 1. The molecule has 0 aliphatic carbocycles. The summed E-state index contributed by atoms with van der Waals surface area (Å²) in [4.78, 5) is 28.4. The molecular formula is C19H18N2O3S. The van der Waals surface area contributed by atoms with Crippen LogP contribution in [-0.4, -0.2) is 23.5 Å². The fourth-order valence-corrected chi connectivity index (χ4v) is 3.47. The smallest absolute Gasteiger partial charge is 0.338 e. The van der Waals surface area contributed by atoms with E-state index in [1.165, 1.54) is 11.3 Å². The minimum absolute atomic E-state index is 0.327. The summed E-state index contributed by atoms with van der Waals surface area (Å²) in [7, 11) is 0. The molecule has 0 atom stereocenters. The third kappa shape index (κ3) is 3.85. The number of fused-ring (bicyclic) bond motifs is 1. The molecular weight excluding hydrogens is 336 g/mol. The van der Waals surface area contributed by atoms with E-state index < -0.39 is 5.97 Å². The lowest BCUT2D eigenvalue weighted by atomic mass is 10.1. The molecule has 0 saturated carbocycles. The Kier molecular flexibility index (Phi) is 4.81. The van der Waals surface area contributed by atoms with Gasteiger partial charge in [-0.05, 0) is 50.1 Å². The molecule has 0 spiro atoms. The Hall–Kier alpha value is -2.73. The maximum atomic E-state index is 12.1. The van der Waals surface area contributed by atoms with Crippen LogP contribution >= 0.6 is 11.3 Å². The van der Waals surface area contributed by atoms with Gasteiger partial charge >= 0.3 is 5.97 Å². The summed E-state index contributed by atoms with van der Waals surface area (Å²) in [6.07, 6.45) is 0. The molecule has 2 aromatic carbocycles. The summed E-state index contributed by atoms with van der Waals surface area (Å²) >= 11 is 1.45. The Morgan fingerprint density at radius 2 is 1.84 bits per heavy atom. The van der Waals surface area contributed by atoms with Crippen molar-refractivity contribution in [3.05, 3.63) is 58.1 Å². The van der Waals surface area contributed by atoms with Crippen LogP contribution in [0.2, 0.25) is 0 Å². The topological polar surface area (TPSA) is 68.3 Å². The summed E-state index contributed by atoms with van der Waals surface area (Å²) in [6, 6.07) is 9.14. The van der Waals surface area contributed by atoms with Crippen LogP contribution in [0.4, 0.5) is 5.69 Å². The minimum atomic E-state index is -0.525. The van der Waals surface area contributed by atoms with E-state index in [-0.39, 0.29) is 12.5 Å². The highest BCUT2D eigenvalue weighted by atomic mass is 32.1. The van der Waals surface area contributed by atoms with Gasteiger partial charge in [0.1, 0.15) is 0 Å². The van der Waals surface area contributed by atoms with Crippen molar-refractivity contribution >= 4 is 39.1 Å². The van der Waals surface area contributed by atoms with Crippen LogP contribution in [0.3, 0.4) is 0 Å². The average molecular weight is 354 g/mol. The van der Waals surface area contributed by atoms with Gasteiger partial charge in [0.05, 0.1) is 21.3 Å². The van der Waals surface area contributed by atoms with Crippen molar-refractivity contribution in [3.63, 3.8) is 0 Å². The van der Waals surface area contributed by atoms with Crippen molar-refractivity contribution < 1.29 is 14.3 Å². The molecule has 128 valence electrons. The second-order valence-electron chi connectivity index (χ2n) is 5.93. The molecule has 0 aliphatic heterocycles. The summed E-state index contributed by atoms with van der Waals surface area (Å²) in [5.41, 5.74) is 6.83. The van der Waals surface area contributed by atoms with E-state index in [4.69, 9.17) is 4.74 Å². The van der Waals surface area contributed by atoms with Crippen molar-refractivity contribution in [1.29, 1.82) is 0 Å². The van der Waals surface area contributed by atoms with Gasteiger partial charge in [-0.25, -0.2) is 9.78 Å². The van der Waals surface area contributed by atoms with Gasteiger partial charge in [0.25, 0.3) is 5.91 Å². The maximum Gasteiger partial charge on any atom is 0.338 e. The number of anilines is 1. The number of hydrogen-bond acceptors (Lipinski definition) is 5. The lowest BCUT2D eigenvalue weighted by Crippen LogP contribution is -2.21. The molecule has 0 bridgehead atoms. The molecule has 6 heteroatoms. The predicted octanol–water partition coefficient (Wildman–Crippen LogP) is 4.02. The Labute approximate surface area is 149 Å². The van der Waals surface area contributed by atoms with Crippen molar-refractivity contribution in [3.8, 4) is 0 Å². The first-order valence-electron chi connectivity index (χ1n) is 7.82. The SMILES string of the molecule is Cc1cc(C)c(NC(=O)COC(=O)c2ccc3ncsc3c2)c(C)c1. The van der Waals surface area contributed by atoms with Gasteiger partial charge < -0.3 is 10.1 Å². The zero-order valence-corrected chi connectivity index (χ0v) is 15.1. The number of aromatic nitrogens is 1. The lowest BCUT2D eigenvalue weighted by molar-refractivity contribution is -0.119. The highest BCUT2D eigenvalue weighted by Crippen LogP contribution is 2.22. The third-order valence-corrected chi connectivity index (χ3v) is 4.63. The molecule has 1 amide bonds. The quantitative estimate of drug-likeness (QED) is 0.719. The first-order valence-corrected chi connectivity index (χ1v) is 8.70. The number of aryl methyl sites for hydroxylation is 3. The van der Waals surface area contributed by atoms with Crippen LogP contribution in [0.1, 0.15) is 27.0 Å². The monoisotopic (exact) mass is 354 g/mol. The molecule has 0 fully saturated rings. The molecule has 1 aromatic heterocycles. The number of benzene rings is 2. The van der Waals surface area contributed by atoms with Crippen molar-refractivity contribution in [2.24, 2.45) is 0 Å². The molecule has 5 nitrogen and oxygen atoms in total. The average Bonchev–Trinajstić information content (AvgIpc) is 3.03. The van der Waals surface area contributed by atoms with Crippen LogP contribution in [0.5, 0.6) is 0 Å². The molecule has 3 rings (SSSR count). The zero-order valence-electron chi connectivity index (χ0n) is 14.3. The first kappa shape index (κ1) is 17.1. The summed E-state index contributed by atoms with van der Waals surface area (Å²) in [5.74, 6) is -0.884. The van der Waals surface area contributed by atoms with Crippen LogP contribution in [0.15, 0.2) is 35.8 Å². The zero-order chi connectivity index (χ0) is 18.0. The number of hydrogen-bond donors (Lipinski definition) is 1. The number of amides is 1. The second-order valence-corrected chi connectivity index (χ2v) is 6.82. The number of ether oxygens (including phenoxy) is 1. The van der Waals surface area contributed by atoms with Crippen LogP contribution < -0.4 is 5.32 Å². The third-order valence-electron chi connectivity index (χ3n) is 3.84. The standard InChI is InChI=1S/C19H18N2O3S/c1-11-6-12(2)18(13(3)7-11)21-17(22)9-24-19(23)14-4-5-15-16(8-14)25-10-20-15/h4-8,10H,9H2,1-3H3,(H,21,22). The van der Waals surface area contributed by atoms with Crippen LogP contribution in [0.25, 0.3) is 10.2 Å². The largest absolute Gasteiger partial charge is 0.452 e. The number of thiazole rings is 1. The predicted molar refractivity (Wildman–Crippen MR) is 99.2 cm³/mol. The van der Waals surface area contributed by atoms with Crippen molar-refractivity contribution in [1.82, 2.24) is 4.98 Å². The number of carbonyl (C=O) groups is 2. The van der Waals surface area contributed by atoms with Crippen LogP contribution in [0, 0.1) is 20.8 Å². The van der Waals surface area contributed by atoms with E-state index >= 15 is 0 Å². The fraction of sp³-hybridized carbons (Fsp3) is 0.211. The summed E-state index contributed by atoms with van der Waals surface area (Å²) in [5, 5.41) is 2.81. The van der Waals surface area contributed by atoms with Gasteiger partial charge in [0.2, 0.25) is 0 Å².